The van der Waals surface area contributed by atoms with Gasteiger partial charge in [-0.25, -0.2) is 0 Å². The maximum Gasteiger partial charge on any atom is 0.0826 e. The Kier molecular flexibility index (Phi) is 4.19. The second-order valence-electron chi connectivity index (χ2n) is 5.35. The quantitative estimate of drug-likeness (QED) is 0.761. The fraction of sp³-hybridized carbons (Fsp3) is 1.00. The molecule has 0 amide bonds. The smallest absolute Gasteiger partial charge is 0.0826 e. The summed E-state index contributed by atoms with van der Waals surface area (Å²) < 4.78 is 11.3. The van der Waals surface area contributed by atoms with Crippen molar-refractivity contribution in [2.24, 2.45) is 0 Å². The van der Waals surface area contributed by atoms with Gasteiger partial charge in [-0.3, -0.25) is 0 Å². The highest BCUT2D eigenvalue weighted by Crippen LogP contribution is 2.18. The van der Waals surface area contributed by atoms with Gasteiger partial charge in [0.1, 0.15) is 0 Å². The van der Waals surface area contributed by atoms with E-state index in [1.165, 1.54) is 6.42 Å². The van der Waals surface area contributed by atoms with E-state index in [1.54, 1.807) is 0 Å². The summed E-state index contributed by atoms with van der Waals surface area (Å²) in [6.07, 6.45) is 2.70. The van der Waals surface area contributed by atoms with Gasteiger partial charge in [0, 0.05) is 31.8 Å². The van der Waals surface area contributed by atoms with E-state index in [9.17, 15) is 0 Å². The molecule has 0 bridgehead atoms. The minimum Gasteiger partial charge on any atom is -0.380 e. The molecule has 0 aromatic heterocycles. The first-order chi connectivity index (χ1) is 7.68. The van der Waals surface area contributed by atoms with Gasteiger partial charge in [0.15, 0.2) is 0 Å². The molecule has 4 heteroatoms. The van der Waals surface area contributed by atoms with Crippen molar-refractivity contribution >= 4 is 0 Å². The SMILES string of the molecule is CN1CCOC(CNC2(C)CCCOC2)C1. The number of hydrogen-bond acceptors (Lipinski definition) is 4. The zero-order valence-electron chi connectivity index (χ0n) is 10.5. The lowest BCUT2D eigenvalue weighted by molar-refractivity contribution is -0.0303. The Morgan fingerprint density at radius 3 is 3.00 bits per heavy atom. The minimum atomic E-state index is 0.150. The molecule has 4 nitrogen and oxygen atoms in total. The minimum absolute atomic E-state index is 0.150. The predicted molar refractivity (Wildman–Crippen MR) is 63.7 cm³/mol. The highest BCUT2D eigenvalue weighted by Gasteiger charge is 2.28. The Morgan fingerprint density at radius 2 is 2.31 bits per heavy atom. The van der Waals surface area contributed by atoms with E-state index in [-0.39, 0.29) is 5.54 Å². The van der Waals surface area contributed by atoms with E-state index >= 15 is 0 Å². The molecule has 2 rings (SSSR count). The Hall–Kier alpha value is -0.160. The van der Waals surface area contributed by atoms with Crippen LogP contribution >= 0.6 is 0 Å². The molecule has 0 radical (unpaired) electrons. The summed E-state index contributed by atoms with van der Waals surface area (Å²) in [5.41, 5.74) is 0.150. The van der Waals surface area contributed by atoms with Gasteiger partial charge in [0.2, 0.25) is 0 Å². The summed E-state index contributed by atoms with van der Waals surface area (Å²) in [4.78, 5) is 2.33. The Labute approximate surface area is 98.3 Å². The molecule has 16 heavy (non-hydrogen) atoms. The maximum absolute atomic E-state index is 5.74. The maximum atomic E-state index is 5.74. The number of rotatable bonds is 3. The Bertz CT molecular complexity index is 217. The van der Waals surface area contributed by atoms with E-state index in [2.05, 4.69) is 24.2 Å². The standard InChI is InChI=1S/C12H24N2O2/c1-12(4-3-6-15-10-12)13-8-11-9-14(2)5-7-16-11/h11,13H,3-10H2,1-2H3. The molecule has 0 spiro atoms. The molecule has 2 fully saturated rings. The molecule has 0 saturated carbocycles. The van der Waals surface area contributed by atoms with Gasteiger partial charge in [0.05, 0.1) is 19.3 Å². The lowest BCUT2D eigenvalue weighted by atomic mass is 9.94. The summed E-state index contributed by atoms with van der Waals surface area (Å²) in [6.45, 7) is 7.87. The van der Waals surface area contributed by atoms with Crippen LogP contribution in [-0.2, 0) is 9.47 Å². The van der Waals surface area contributed by atoms with Crippen molar-refractivity contribution < 1.29 is 9.47 Å². The van der Waals surface area contributed by atoms with Crippen LogP contribution < -0.4 is 5.32 Å². The van der Waals surface area contributed by atoms with Gasteiger partial charge >= 0.3 is 0 Å². The van der Waals surface area contributed by atoms with Crippen LogP contribution in [0.2, 0.25) is 0 Å². The summed E-state index contributed by atoms with van der Waals surface area (Å²) in [5, 5.41) is 3.61. The first-order valence-electron chi connectivity index (χ1n) is 6.31. The zero-order chi connectivity index (χ0) is 11.4. The highest BCUT2D eigenvalue weighted by molar-refractivity contribution is 4.87. The van der Waals surface area contributed by atoms with Crippen molar-refractivity contribution in [1.29, 1.82) is 0 Å². The van der Waals surface area contributed by atoms with Gasteiger partial charge in [-0.15, -0.1) is 0 Å². The van der Waals surface area contributed by atoms with E-state index in [4.69, 9.17) is 9.47 Å². The summed E-state index contributed by atoms with van der Waals surface area (Å²) >= 11 is 0. The van der Waals surface area contributed by atoms with E-state index in [1.807, 2.05) is 0 Å². The van der Waals surface area contributed by atoms with Crippen molar-refractivity contribution in [3.8, 4) is 0 Å². The third-order valence-electron chi connectivity index (χ3n) is 3.54. The normalized spacial score (nSPS) is 37.5. The molecule has 0 aromatic carbocycles. The van der Waals surface area contributed by atoms with Crippen molar-refractivity contribution in [2.45, 2.75) is 31.4 Å². The van der Waals surface area contributed by atoms with Crippen molar-refractivity contribution in [2.75, 3.05) is 46.5 Å². The Morgan fingerprint density at radius 1 is 1.44 bits per heavy atom. The van der Waals surface area contributed by atoms with Gasteiger partial charge in [0.25, 0.3) is 0 Å². The lowest BCUT2D eigenvalue weighted by Crippen LogP contribution is -2.54. The fourth-order valence-electron chi connectivity index (χ4n) is 2.42. The number of nitrogens with zero attached hydrogens (tertiary/aromatic N) is 1. The average Bonchev–Trinajstić information content (AvgIpc) is 2.28. The molecular formula is C12H24N2O2. The van der Waals surface area contributed by atoms with Crippen molar-refractivity contribution in [3.05, 3.63) is 0 Å². The molecule has 2 saturated heterocycles. The van der Waals surface area contributed by atoms with E-state index in [0.29, 0.717) is 6.10 Å². The molecule has 0 aliphatic carbocycles. The molecule has 2 heterocycles. The average molecular weight is 228 g/mol. The van der Waals surface area contributed by atoms with Crippen molar-refractivity contribution in [3.63, 3.8) is 0 Å². The predicted octanol–water partition coefficient (Wildman–Crippen LogP) is 0.476. The van der Waals surface area contributed by atoms with Crippen LogP contribution in [0.5, 0.6) is 0 Å². The van der Waals surface area contributed by atoms with Crippen LogP contribution in [0.4, 0.5) is 0 Å². The van der Waals surface area contributed by atoms with Crippen molar-refractivity contribution in [1.82, 2.24) is 10.2 Å². The van der Waals surface area contributed by atoms with Crippen LogP contribution in [0.15, 0.2) is 0 Å². The van der Waals surface area contributed by atoms with Gasteiger partial charge in [-0.1, -0.05) is 0 Å². The topological polar surface area (TPSA) is 33.7 Å². The molecule has 2 unspecified atom stereocenters. The third-order valence-corrected chi connectivity index (χ3v) is 3.54. The third kappa shape index (κ3) is 3.42. The first kappa shape index (κ1) is 12.3. The fourth-order valence-corrected chi connectivity index (χ4v) is 2.42. The Balaban J connectivity index is 1.73. The largest absolute Gasteiger partial charge is 0.380 e. The molecular weight excluding hydrogens is 204 g/mol. The first-order valence-corrected chi connectivity index (χ1v) is 6.31. The van der Waals surface area contributed by atoms with Gasteiger partial charge < -0.3 is 19.7 Å². The second kappa shape index (κ2) is 5.45. The zero-order valence-corrected chi connectivity index (χ0v) is 10.5. The van der Waals surface area contributed by atoms with Crippen LogP contribution in [0, 0.1) is 0 Å². The molecule has 94 valence electrons. The molecule has 0 aromatic rings. The van der Waals surface area contributed by atoms with Gasteiger partial charge in [-0.05, 0) is 26.8 Å². The van der Waals surface area contributed by atoms with Gasteiger partial charge in [-0.2, -0.15) is 0 Å². The number of hydrogen-bond donors (Lipinski definition) is 1. The number of nitrogens with one attached hydrogen (secondary N) is 1. The molecule has 2 aliphatic heterocycles. The highest BCUT2D eigenvalue weighted by atomic mass is 16.5. The summed E-state index contributed by atoms with van der Waals surface area (Å²) in [5.74, 6) is 0. The second-order valence-corrected chi connectivity index (χ2v) is 5.35. The molecule has 1 N–H and O–H groups in total. The summed E-state index contributed by atoms with van der Waals surface area (Å²) in [7, 11) is 2.15. The van der Waals surface area contributed by atoms with Crippen LogP contribution in [0.25, 0.3) is 0 Å². The molecule has 2 atom stereocenters. The lowest BCUT2D eigenvalue weighted by Gasteiger charge is -2.37. The number of likely N-dealkylation sites (N-methyl/N-ethyl adjacent to an activating group) is 1. The van der Waals surface area contributed by atoms with E-state index in [0.717, 1.165) is 45.9 Å². The van der Waals surface area contributed by atoms with E-state index < -0.39 is 0 Å². The monoisotopic (exact) mass is 228 g/mol. The number of ether oxygens (including phenoxy) is 2. The summed E-state index contributed by atoms with van der Waals surface area (Å²) in [6, 6.07) is 0. The van der Waals surface area contributed by atoms with Crippen LogP contribution in [0.1, 0.15) is 19.8 Å². The van der Waals surface area contributed by atoms with Crippen LogP contribution in [0.3, 0.4) is 0 Å². The van der Waals surface area contributed by atoms with Crippen LogP contribution in [-0.4, -0.2) is 63.0 Å². The number of morpholine rings is 1. The molecule has 2 aliphatic rings.